The Labute approximate surface area is 158 Å². The molecule has 9 heteroatoms. The number of fused-ring (bicyclic) bond motifs is 2. The fourth-order valence-corrected chi connectivity index (χ4v) is 6.89. The highest BCUT2D eigenvalue weighted by Crippen LogP contribution is 2.44. The summed E-state index contributed by atoms with van der Waals surface area (Å²) in [5, 5.41) is 6.25. The van der Waals surface area contributed by atoms with Gasteiger partial charge in [-0.1, -0.05) is 0 Å². The van der Waals surface area contributed by atoms with Crippen LogP contribution in [-0.4, -0.2) is 51.6 Å². The molecule has 6 nitrogen and oxygen atoms in total. The number of hydrogen-bond donors (Lipinski definition) is 2. The summed E-state index contributed by atoms with van der Waals surface area (Å²) in [6.07, 6.45) is 3.22. The Hall–Kier alpha value is -0.670. The van der Waals surface area contributed by atoms with Gasteiger partial charge in [-0.05, 0) is 50.4 Å². The lowest BCUT2D eigenvalue weighted by molar-refractivity contribution is -0.0771. The van der Waals surface area contributed by atoms with Gasteiger partial charge in [0.2, 0.25) is 0 Å². The lowest BCUT2D eigenvalue weighted by atomic mass is 9.86. The Morgan fingerprint density at radius 1 is 1.36 bits per heavy atom. The molecule has 1 amide bonds. The van der Waals surface area contributed by atoms with Crippen LogP contribution in [0.4, 0.5) is 0 Å². The van der Waals surface area contributed by atoms with E-state index in [1.807, 2.05) is 6.07 Å². The van der Waals surface area contributed by atoms with E-state index in [4.69, 9.17) is 4.74 Å². The zero-order chi connectivity index (χ0) is 16.8. The van der Waals surface area contributed by atoms with Crippen molar-refractivity contribution in [1.29, 1.82) is 0 Å². The highest BCUT2D eigenvalue weighted by atomic mass is 35.5. The predicted molar refractivity (Wildman–Crippen MR) is 99.5 cm³/mol. The van der Waals surface area contributed by atoms with Gasteiger partial charge in [-0.25, -0.2) is 8.42 Å². The van der Waals surface area contributed by atoms with E-state index in [-0.39, 0.29) is 41.5 Å². The largest absolute Gasteiger partial charge is 0.369 e. The van der Waals surface area contributed by atoms with Crippen molar-refractivity contribution in [2.24, 2.45) is 0 Å². The highest BCUT2D eigenvalue weighted by Gasteiger charge is 2.41. The highest BCUT2D eigenvalue weighted by molar-refractivity contribution is 7.91. The van der Waals surface area contributed by atoms with Crippen LogP contribution in [0, 0.1) is 0 Å². The monoisotopic (exact) mass is 406 g/mol. The second kappa shape index (κ2) is 7.15. The van der Waals surface area contributed by atoms with Crippen molar-refractivity contribution in [3.63, 3.8) is 0 Å². The normalized spacial score (nSPS) is 26.6. The molecule has 1 unspecified atom stereocenters. The van der Waals surface area contributed by atoms with E-state index >= 15 is 0 Å². The molecule has 140 valence electrons. The number of amides is 1. The average Bonchev–Trinajstić information content (AvgIpc) is 3.13. The minimum absolute atomic E-state index is 0. The molecule has 0 aromatic carbocycles. The average molecular weight is 407 g/mol. The number of piperidine rings is 1. The number of carbonyl (C=O) groups is 1. The quantitative estimate of drug-likeness (QED) is 0.771. The van der Waals surface area contributed by atoms with Gasteiger partial charge in [-0.3, -0.25) is 4.79 Å². The first-order valence-corrected chi connectivity index (χ1v) is 11.1. The van der Waals surface area contributed by atoms with Crippen molar-refractivity contribution >= 4 is 39.5 Å². The first-order valence-electron chi connectivity index (χ1n) is 8.47. The van der Waals surface area contributed by atoms with Crippen molar-refractivity contribution < 1.29 is 17.9 Å². The predicted octanol–water partition coefficient (Wildman–Crippen LogP) is 1.24. The Morgan fingerprint density at radius 2 is 2.12 bits per heavy atom. The minimum Gasteiger partial charge on any atom is -0.369 e. The number of sulfone groups is 1. The summed E-state index contributed by atoms with van der Waals surface area (Å²) in [6.45, 7) is 2.56. The van der Waals surface area contributed by atoms with E-state index in [1.54, 1.807) is 0 Å². The maximum Gasteiger partial charge on any atom is 0.261 e. The molecule has 1 aromatic heterocycles. The van der Waals surface area contributed by atoms with Gasteiger partial charge in [0, 0.05) is 10.9 Å². The minimum atomic E-state index is -2.99. The van der Waals surface area contributed by atoms with Crippen molar-refractivity contribution in [3.8, 4) is 0 Å². The van der Waals surface area contributed by atoms with Gasteiger partial charge >= 0.3 is 0 Å². The van der Waals surface area contributed by atoms with Crippen LogP contribution in [0.25, 0.3) is 0 Å². The molecule has 2 saturated heterocycles. The van der Waals surface area contributed by atoms with Crippen LogP contribution in [0.3, 0.4) is 0 Å². The third kappa shape index (κ3) is 3.73. The Balaban J connectivity index is 0.00000182. The molecular formula is C16H23ClN2O4S2. The lowest BCUT2D eigenvalue weighted by Crippen LogP contribution is -2.44. The molecule has 4 heterocycles. The summed E-state index contributed by atoms with van der Waals surface area (Å²) in [5.74, 6) is 0.0753. The molecule has 0 aliphatic carbocycles. The zero-order valence-electron chi connectivity index (χ0n) is 13.9. The molecule has 2 fully saturated rings. The van der Waals surface area contributed by atoms with E-state index in [1.165, 1.54) is 21.8 Å². The lowest BCUT2D eigenvalue weighted by Gasteiger charge is -2.40. The molecule has 3 aliphatic rings. The number of hydrogen-bond acceptors (Lipinski definition) is 6. The van der Waals surface area contributed by atoms with E-state index in [2.05, 4.69) is 10.6 Å². The SMILES string of the molecule is Cl.O=C(NC1CCS(=O)(=O)C1)c1cc2c(s1)C1(CCNCC1)OCC2. The topological polar surface area (TPSA) is 84.5 Å². The number of halogens is 1. The van der Waals surface area contributed by atoms with Crippen molar-refractivity contribution in [3.05, 3.63) is 21.4 Å². The summed E-state index contributed by atoms with van der Waals surface area (Å²) in [7, 11) is -2.99. The molecule has 2 N–H and O–H groups in total. The van der Waals surface area contributed by atoms with Crippen molar-refractivity contribution in [2.45, 2.75) is 37.3 Å². The molecule has 4 rings (SSSR count). The maximum atomic E-state index is 12.6. The Morgan fingerprint density at radius 3 is 2.80 bits per heavy atom. The standard InChI is InChI=1S/C16H22N2O4S2.ClH/c19-15(18-12-2-8-24(20,21)10-12)13-9-11-1-7-22-16(14(11)23-13)3-5-17-6-4-16;/h9,12,17H,1-8,10H2,(H,18,19);1H. The molecular weight excluding hydrogens is 384 g/mol. The Kier molecular flexibility index (Phi) is 5.46. The van der Waals surface area contributed by atoms with Crippen molar-refractivity contribution in [1.82, 2.24) is 10.6 Å². The fourth-order valence-electron chi connectivity index (χ4n) is 3.90. The number of thiophene rings is 1. The first kappa shape index (κ1) is 19.1. The molecule has 0 radical (unpaired) electrons. The molecule has 3 aliphatic heterocycles. The number of nitrogens with one attached hydrogen (secondary N) is 2. The molecule has 1 spiro atoms. The molecule has 1 atom stereocenters. The van der Waals surface area contributed by atoms with Crippen LogP contribution in [-0.2, 0) is 26.6 Å². The van der Waals surface area contributed by atoms with Crippen LogP contribution in [0.5, 0.6) is 0 Å². The third-order valence-corrected chi connectivity index (χ3v) is 8.30. The first-order chi connectivity index (χ1) is 11.5. The van der Waals surface area contributed by atoms with Crippen molar-refractivity contribution in [2.75, 3.05) is 31.2 Å². The number of ether oxygens (including phenoxy) is 1. The smallest absolute Gasteiger partial charge is 0.261 e. The Bertz CT molecular complexity index is 756. The van der Waals surface area contributed by atoms with E-state index in [9.17, 15) is 13.2 Å². The number of rotatable bonds is 2. The van der Waals surface area contributed by atoms with Gasteiger partial charge in [-0.2, -0.15) is 0 Å². The zero-order valence-corrected chi connectivity index (χ0v) is 16.3. The van der Waals surface area contributed by atoms with Gasteiger partial charge in [0.05, 0.1) is 23.0 Å². The molecule has 0 bridgehead atoms. The molecule has 1 aromatic rings. The third-order valence-electron chi connectivity index (χ3n) is 5.18. The molecule has 25 heavy (non-hydrogen) atoms. The van der Waals surface area contributed by atoms with Gasteiger partial charge in [0.15, 0.2) is 9.84 Å². The second-order valence-corrected chi connectivity index (χ2v) is 10.2. The van der Waals surface area contributed by atoms with Gasteiger partial charge in [0.1, 0.15) is 5.60 Å². The maximum absolute atomic E-state index is 12.6. The number of carbonyl (C=O) groups excluding carboxylic acids is 1. The molecule has 0 saturated carbocycles. The van der Waals surface area contributed by atoms with Crippen LogP contribution >= 0.6 is 23.7 Å². The summed E-state index contributed by atoms with van der Waals surface area (Å²) < 4.78 is 29.2. The van der Waals surface area contributed by atoms with Gasteiger partial charge in [0.25, 0.3) is 5.91 Å². The van der Waals surface area contributed by atoms with E-state index in [0.717, 1.165) is 32.4 Å². The van der Waals surface area contributed by atoms with Gasteiger partial charge in [-0.15, -0.1) is 23.7 Å². The van der Waals surface area contributed by atoms with Crippen LogP contribution < -0.4 is 10.6 Å². The fraction of sp³-hybridized carbons (Fsp3) is 0.688. The summed E-state index contributed by atoms with van der Waals surface area (Å²) in [4.78, 5) is 14.4. The summed E-state index contributed by atoms with van der Waals surface area (Å²) in [5.41, 5.74) is 0.982. The van der Waals surface area contributed by atoms with Crippen LogP contribution in [0.15, 0.2) is 6.07 Å². The van der Waals surface area contributed by atoms with E-state index < -0.39 is 9.84 Å². The van der Waals surface area contributed by atoms with E-state index in [0.29, 0.717) is 17.9 Å². The van der Waals surface area contributed by atoms with Gasteiger partial charge < -0.3 is 15.4 Å². The summed E-state index contributed by atoms with van der Waals surface area (Å²) >= 11 is 1.52. The van der Waals surface area contributed by atoms with Crippen LogP contribution in [0.1, 0.15) is 39.4 Å². The van der Waals surface area contributed by atoms with Crippen LogP contribution in [0.2, 0.25) is 0 Å². The summed E-state index contributed by atoms with van der Waals surface area (Å²) in [6, 6.07) is 1.72. The second-order valence-electron chi connectivity index (χ2n) is 6.88.